The minimum absolute atomic E-state index is 0.0371. The van der Waals surface area contributed by atoms with E-state index in [4.69, 9.17) is 4.74 Å². The lowest BCUT2D eigenvalue weighted by Crippen LogP contribution is -3.12. The molecule has 144 valence electrons. The summed E-state index contributed by atoms with van der Waals surface area (Å²) in [4.78, 5) is 16.3. The number of quaternary nitrogens is 1. The molecule has 0 atom stereocenters. The van der Waals surface area contributed by atoms with Crippen LogP contribution in [0.4, 0.5) is 11.4 Å². The molecule has 2 aromatic rings. The maximum Gasteiger partial charge on any atom is 0.224 e. The number of hydrogen-bond donors (Lipinski definition) is 2. The number of aryl methyl sites for hydroxylation is 1. The molecule has 2 N–H and O–H groups in total. The molecule has 1 amide bonds. The van der Waals surface area contributed by atoms with Gasteiger partial charge in [-0.1, -0.05) is 24.3 Å². The minimum Gasteiger partial charge on any atom is -0.494 e. The van der Waals surface area contributed by atoms with Gasteiger partial charge in [0.15, 0.2) is 0 Å². The van der Waals surface area contributed by atoms with Crippen molar-refractivity contribution in [2.75, 3.05) is 50.1 Å². The predicted molar refractivity (Wildman–Crippen MR) is 110 cm³/mol. The third-order valence-electron chi connectivity index (χ3n) is 4.94. The van der Waals surface area contributed by atoms with Gasteiger partial charge in [0.05, 0.1) is 51.2 Å². The van der Waals surface area contributed by atoms with Crippen molar-refractivity contribution >= 4 is 17.3 Å². The number of hydrogen-bond acceptors (Lipinski definition) is 3. The second kappa shape index (κ2) is 9.42. The summed E-state index contributed by atoms with van der Waals surface area (Å²) in [7, 11) is 2.23. The zero-order valence-corrected chi connectivity index (χ0v) is 16.3. The molecule has 0 aromatic heterocycles. The van der Waals surface area contributed by atoms with Gasteiger partial charge in [0, 0.05) is 6.42 Å². The first-order chi connectivity index (χ1) is 13.1. The number of piperazine rings is 1. The van der Waals surface area contributed by atoms with Gasteiger partial charge in [-0.15, -0.1) is 0 Å². The molecule has 0 bridgehead atoms. The second-order valence-electron chi connectivity index (χ2n) is 7.28. The van der Waals surface area contributed by atoms with E-state index in [0.717, 1.165) is 43.3 Å². The molecule has 0 spiro atoms. The van der Waals surface area contributed by atoms with E-state index in [-0.39, 0.29) is 5.91 Å². The maximum atomic E-state index is 12.4. The highest BCUT2D eigenvalue weighted by atomic mass is 16.5. The van der Waals surface area contributed by atoms with E-state index in [9.17, 15) is 4.79 Å². The summed E-state index contributed by atoms with van der Waals surface area (Å²) in [5.41, 5.74) is 3.20. The lowest BCUT2D eigenvalue weighted by molar-refractivity contribution is -0.880. The highest BCUT2D eigenvalue weighted by Crippen LogP contribution is 2.25. The molecule has 2 aromatic carbocycles. The fraction of sp³-hybridized carbons (Fsp3) is 0.409. The average Bonchev–Trinajstić information content (AvgIpc) is 2.67. The largest absolute Gasteiger partial charge is 0.494 e. The monoisotopic (exact) mass is 368 g/mol. The quantitative estimate of drug-likeness (QED) is 0.736. The smallest absolute Gasteiger partial charge is 0.224 e. The molecule has 1 aliphatic rings. The molecule has 0 radical (unpaired) electrons. The van der Waals surface area contributed by atoms with Crippen molar-refractivity contribution in [3.05, 3.63) is 54.1 Å². The van der Waals surface area contributed by atoms with Gasteiger partial charge in [-0.25, -0.2) is 0 Å². The van der Waals surface area contributed by atoms with Gasteiger partial charge in [-0.2, -0.15) is 0 Å². The fourth-order valence-corrected chi connectivity index (χ4v) is 3.33. The summed E-state index contributed by atoms with van der Waals surface area (Å²) in [6.07, 6.45) is 1.15. The fourth-order valence-electron chi connectivity index (χ4n) is 3.33. The van der Waals surface area contributed by atoms with Crippen LogP contribution in [0.25, 0.3) is 0 Å². The summed E-state index contributed by atoms with van der Waals surface area (Å²) in [5, 5.41) is 3.08. The van der Waals surface area contributed by atoms with Crippen LogP contribution in [-0.2, 0) is 4.79 Å². The number of rotatable bonds is 7. The standard InChI is InChI=1S/C22H29N3O2/c1-18-7-5-8-19(17-18)27-16-6-11-22(26)23-20-9-3-4-10-21(20)25-14-12-24(2)13-15-25/h3-5,7-10,17H,6,11-16H2,1-2H3,(H,23,26)/p+1. The Labute approximate surface area is 161 Å². The SMILES string of the molecule is Cc1cccc(OCCCC(=O)Nc2ccccc2N2CC[NH+](C)CC2)c1. The molecule has 1 aliphatic heterocycles. The first-order valence-electron chi connectivity index (χ1n) is 9.76. The lowest BCUT2D eigenvalue weighted by atomic mass is 10.2. The topological polar surface area (TPSA) is 46.0 Å². The number of benzene rings is 2. The van der Waals surface area contributed by atoms with Gasteiger partial charge >= 0.3 is 0 Å². The molecule has 3 rings (SSSR count). The number of nitrogens with one attached hydrogen (secondary N) is 2. The second-order valence-corrected chi connectivity index (χ2v) is 7.28. The van der Waals surface area contributed by atoms with Gasteiger partial charge < -0.3 is 19.9 Å². The zero-order chi connectivity index (χ0) is 19.1. The number of carbonyl (C=O) groups is 1. The van der Waals surface area contributed by atoms with Crippen LogP contribution in [-0.4, -0.2) is 45.7 Å². The number of ether oxygens (including phenoxy) is 1. The highest BCUT2D eigenvalue weighted by molar-refractivity contribution is 5.94. The van der Waals surface area contributed by atoms with Crippen molar-refractivity contribution in [3.63, 3.8) is 0 Å². The Kier molecular flexibility index (Phi) is 6.71. The normalized spacial score (nSPS) is 14.8. The molecule has 1 fully saturated rings. The Hall–Kier alpha value is -2.53. The van der Waals surface area contributed by atoms with Crippen molar-refractivity contribution in [1.82, 2.24) is 0 Å². The van der Waals surface area contributed by atoms with E-state index in [1.165, 1.54) is 5.56 Å². The van der Waals surface area contributed by atoms with Crippen LogP contribution < -0.4 is 19.9 Å². The van der Waals surface area contributed by atoms with Gasteiger partial charge in [0.25, 0.3) is 0 Å². The molecule has 5 nitrogen and oxygen atoms in total. The highest BCUT2D eigenvalue weighted by Gasteiger charge is 2.19. The number of anilines is 2. The van der Waals surface area contributed by atoms with Crippen molar-refractivity contribution in [1.29, 1.82) is 0 Å². The van der Waals surface area contributed by atoms with Crippen molar-refractivity contribution < 1.29 is 14.4 Å². The number of carbonyl (C=O) groups excluding carboxylic acids is 1. The van der Waals surface area contributed by atoms with Crippen molar-refractivity contribution in [3.8, 4) is 5.75 Å². The van der Waals surface area contributed by atoms with Crippen LogP contribution in [0.15, 0.2) is 48.5 Å². The summed E-state index contributed by atoms with van der Waals surface area (Å²) >= 11 is 0. The summed E-state index contributed by atoms with van der Waals surface area (Å²) in [5.74, 6) is 0.896. The van der Waals surface area contributed by atoms with E-state index in [1.54, 1.807) is 4.90 Å². The molecule has 0 saturated carbocycles. The molecule has 5 heteroatoms. The van der Waals surface area contributed by atoms with E-state index >= 15 is 0 Å². The number of amides is 1. The first-order valence-corrected chi connectivity index (χ1v) is 9.76. The number of nitrogens with zero attached hydrogens (tertiary/aromatic N) is 1. The Morgan fingerprint density at radius 2 is 1.93 bits per heavy atom. The molecule has 1 heterocycles. The van der Waals surface area contributed by atoms with Crippen molar-refractivity contribution in [2.24, 2.45) is 0 Å². The van der Waals surface area contributed by atoms with E-state index < -0.39 is 0 Å². The predicted octanol–water partition coefficient (Wildman–Crippen LogP) is 2.13. The third kappa shape index (κ3) is 5.73. The van der Waals surface area contributed by atoms with Crippen LogP contribution in [0.1, 0.15) is 18.4 Å². The summed E-state index contributed by atoms with van der Waals surface area (Å²) in [6, 6.07) is 16.1. The first kappa shape index (κ1) is 19.2. The Bertz CT molecular complexity index is 755. The van der Waals surface area contributed by atoms with Crippen LogP contribution >= 0.6 is 0 Å². The van der Waals surface area contributed by atoms with E-state index in [2.05, 4.69) is 23.3 Å². The Morgan fingerprint density at radius 1 is 1.15 bits per heavy atom. The number of likely N-dealkylation sites (N-methyl/N-ethyl adjacent to an activating group) is 1. The Morgan fingerprint density at radius 3 is 2.70 bits per heavy atom. The van der Waals surface area contributed by atoms with Crippen LogP contribution in [0.2, 0.25) is 0 Å². The third-order valence-corrected chi connectivity index (χ3v) is 4.94. The molecule has 0 unspecified atom stereocenters. The summed E-state index contributed by atoms with van der Waals surface area (Å²) in [6.45, 7) is 6.86. The van der Waals surface area contributed by atoms with Gasteiger partial charge in [-0.05, 0) is 43.2 Å². The molecule has 1 saturated heterocycles. The average molecular weight is 369 g/mol. The zero-order valence-electron chi connectivity index (χ0n) is 16.3. The van der Waals surface area contributed by atoms with Gasteiger partial charge in [0.2, 0.25) is 5.91 Å². The molecule has 0 aliphatic carbocycles. The van der Waals surface area contributed by atoms with Crippen LogP contribution in [0.5, 0.6) is 5.75 Å². The van der Waals surface area contributed by atoms with Gasteiger partial charge in [0.1, 0.15) is 5.75 Å². The molecular weight excluding hydrogens is 338 g/mol. The summed E-state index contributed by atoms with van der Waals surface area (Å²) < 4.78 is 5.73. The van der Waals surface area contributed by atoms with E-state index in [0.29, 0.717) is 19.4 Å². The van der Waals surface area contributed by atoms with Gasteiger partial charge in [-0.3, -0.25) is 4.79 Å². The van der Waals surface area contributed by atoms with Crippen molar-refractivity contribution in [2.45, 2.75) is 19.8 Å². The molecular formula is C22H30N3O2+. The van der Waals surface area contributed by atoms with E-state index in [1.807, 2.05) is 49.4 Å². The molecule has 27 heavy (non-hydrogen) atoms. The maximum absolute atomic E-state index is 12.4. The minimum atomic E-state index is 0.0371. The van der Waals surface area contributed by atoms with Crippen LogP contribution in [0.3, 0.4) is 0 Å². The van der Waals surface area contributed by atoms with Crippen LogP contribution in [0, 0.1) is 6.92 Å². The Balaban J connectivity index is 1.48. The number of para-hydroxylation sites is 2. The lowest BCUT2D eigenvalue weighted by Gasteiger charge is -2.33.